The molecule has 5 aliphatic rings. The molecule has 4 saturated carbocycles. The van der Waals surface area contributed by atoms with Gasteiger partial charge in [0, 0.05) is 11.3 Å². The van der Waals surface area contributed by atoms with Crippen molar-refractivity contribution in [1.29, 1.82) is 0 Å². The minimum absolute atomic E-state index is 0.0728. The molecule has 4 bridgehead atoms. The zero-order valence-electron chi connectivity index (χ0n) is 16.7. The quantitative estimate of drug-likeness (QED) is 0.483. The van der Waals surface area contributed by atoms with Crippen molar-refractivity contribution >= 4 is 16.9 Å². The molecular weight excluding hydrogens is 346 g/mol. The van der Waals surface area contributed by atoms with Gasteiger partial charge in [0.25, 0.3) is 5.78 Å². The second-order valence-corrected chi connectivity index (χ2v) is 9.93. The Labute approximate surface area is 165 Å². The van der Waals surface area contributed by atoms with E-state index in [0.717, 1.165) is 35.2 Å². The molecule has 0 radical (unpaired) electrons. The first-order valence-electron chi connectivity index (χ1n) is 11.0. The molecule has 28 heavy (non-hydrogen) atoms. The molecule has 1 unspecified atom stereocenters. The average molecular weight is 373 g/mol. The van der Waals surface area contributed by atoms with Crippen molar-refractivity contribution in [2.24, 2.45) is 23.7 Å². The Morgan fingerprint density at radius 3 is 2.39 bits per heavy atom. The van der Waals surface area contributed by atoms with Gasteiger partial charge >= 0.3 is 0 Å². The largest absolute Gasteiger partial charge is 0.433 e. The molecule has 3 aromatic rings. The zero-order valence-corrected chi connectivity index (χ0v) is 16.7. The molecule has 1 aromatic carbocycles. The van der Waals surface area contributed by atoms with Gasteiger partial charge in [0.2, 0.25) is 0 Å². The maximum Gasteiger partial charge on any atom is 0.297 e. The summed E-state index contributed by atoms with van der Waals surface area (Å²) in [5.74, 6) is 5.22. The Hall–Kier alpha value is -2.16. The van der Waals surface area contributed by atoms with Crippen LogP contribution in [0.3, 0.4) is 0 Å². The van der Waals surface area contributed by atoms with Crippen molar-refractivity contribution in [3.8, 4) is 0 Å². The predicted octanol–water partition coefficient (Wildman–Crippen LogP) is 6.57. The SMILES string of the molecule is Cc1ccccc1N1C(C)c2oc3occc3c2C12C1CC3CC(C1)CC2C3. The lowest BCUT2D eigenvalue weighted by atomic mass is 9.47. The van der Waals surface area contributed by atoms with E-state index in [1.807, 2.05) is 0 Å². The van der Waals surface area contributed by atoms with Gasteiger partial charge < -0.3 is 13.7 Å². The number of anilines is 1. The Morgan fingerprint density at radius 1 is 0.964 bits per heavy atom. The Kier molecular flexibility index (Phi) is 2.84. The fourth-order valence-corrected chi connectivity index (χ4v) is 8.05. The van der Waals surface area contributed by atoms with Gasteiger partial charge in [-0.25, -0.2) is 0 Å². The summed E-state index contributed by atoms with van der Waals surface area (Å²) in [6.07, 6.45) is 8.80. The standard InChI is InChI=1S/C25H27NO2/c1-14-5-3-4-6-21(14)26-15(2)23-22(20-7-8-27-24(20)28-23)25(26)18-10-16-9-17(12-18)13-19(25)11-16/h3-8,15-19H,9-13H2,1-2H3. The average Bonchev–Trinajstić information content (AvgIpc) is 3.32. The van der Waals surface area contributed by atoms with Gasteiger partial charge in [-0.1, -0.05) is 18.2 Å². The van der Waals surface area contributed by atoms with E-state index in [-0.39, 0.29) is 11.6 Å². The normalized spacial score (nSPS) is 38.1. The maximum absolute atomic E-state index is 6.38. The van der Waals surface area contributed by atoms with Crippen LogP contribution in [0.1, 0.15) is 62.0 Å². The van der Waals surface area contributed by atoms with E-state index >= 15 is 0 Å². The number of para-hydroxylation sites is 1. The number of fused-ring (bicyclic) bond motifs is 3. The third kappa shape index (κ3) is 1.65. The third-order valence-corrected chi connectivity index (χ3v) is 8.67. The Morgan fingerprint density at radius 2 is 1.68 bits per heavy atom. The molecule has 1 spiro atoms. The molecular formula is C25H27NO2. The number of benzene rings is 1. The molecule has 0 saturated heterocycles. The van der Waals surface area contributed by atoms with Crippen molar-refractivity contribution in [2.75, 3.05) is 4.90 Å². The van der Waals surface area contributed by atoms with Gasteiger partial charge in [-0.15, -0.1) is 0 Å². The van der Waals surface area contributed by atoms with Crippen molar-refractivity contribution in [2.45, 2.75) is 57.5 Å². The Bertz CT molecular complexity index is 1060. The van der Waals surface area contributed by atoms with Crippen molar-refractivity contribution in [3.05, 3.63) is 53.5 Å². The number of furan rings is 2. The first kappa shape index (κ1) is 15.7. The molecule has 8 rings (SSSR count). The lowest BCUT2D eigenvalue weighted by molar-refractivity contribution is -0.0596. The van der Waals surface area contributed by atoms with Crippen LogP contribution >= 0.6 is 0 Å². The smallest absolute Gasteiger partial charge is 0.297 e. The number of hydrogen-bond donors (Lipinski definition) is 0. The number of aryl methyl sites for hydroxylation is 1. The monoisotopic (exact) mass is 373 g/mol. The molecule has 3 heterocycles. The number of nitrogens with zero attached hydrogens (tertiary/aromatic N) is 1. The predicted molar refractivity (Wildman–Crippen MR) is 109 cm³/mol. The summed E-state index contributed by atoms with van der Waals surface area (Å²) in [4.78, 5) is 2.79. The summed E-state index contributed by atoms with van der Waals surface area (Å²) in [7, 11) is 0. The van der Waals surface area contributed by atoms with Crippen LogP contribution in [0.5, 0.6) is 0 Å². The molecule has 1 aliphatic heterocycles. The molecule has 4 fully saturated rings. The van der Waals surface area contributed by atoms with E-state index < -0.39 is 0 Å². The molecule has 3 nitrogen and oxygen atoms in total. The molecule has 4 aliphatic carbocycles. The summed E-state index contributed by atoms with van der Waals surface area (Å²) in [6, 6.07) is 11.4. The van der Waals surface area contributed by atoms with Gasteiger partial charge in [0.1, 0.15) is 5.76 Å². The van der Waals surface area contributed by atoms with Gasteiger partial charge in [-0.2, -0.15) is 0 Å². The lowest BCUT2D eigenvalue weighted by Crippen LogP contribution is -2.62. The van der Waals surface area contributed by atoms with Crippen molar-refractivity contribution < 1.29 is 8.83 Å². The van der Waals surface area contributed by atoms with Crippen LogP contribution in [-0.4, -0.2) is 0 Å². The maximum atomic E-state index is 6.38. The van der Waals surface area contributed by atoms with Crippen LogP contribution in [-0.2, 0) is 5.54 Å². The topological polar surface area (TPSA) is 29.5 Å². The summed E-state index contributed by atoms with van der Waals surface area (Å²) in [5.41, 5.74) is 4.31. The summed E-state index contributed by atoms with van der Waals surface area (Å²) in [6.45, 7) is 4.60. The second-order valence-electron chi connectivity index (χ2n) is 9.93. The molecule has 144 valence electrons. The van der Waals surface area contributed by atoms with Gasteiger partial charge in [-0.3, -0.25) is 0 Å². The van der Waals surface area contributed by atoms with Gasteiger partial charge in [-0.05, 0) is 87.3 Å². The van der Waals surface area contributed by atoms with Crippen LogP contribution in [0.25, 0.3) is 11.2 Å². The van der Waals surface area contributed by atoms with Crippen molar-refractivity contribution in [1.82, 2.24) is 0 Å². The van der Waals surface area contributed by atoms with Crippen LogP contribution in [0, 0.1) is 30.6 Å². The van der Waals surface area contributed by atoms with E-state index in [1.165, 1.54) is 54.3 Å². The molecule has 1 atom stereocenters. The highest BCUT2D eigenvalue weighted by Gasteiger charge is 2.66. The fourth-order valence-electron chi connectivity index (χ4n) is 8.05. The highest BCUT2D eigenvalue weighted by atomic mass is 16.5. The van der Waals surface area contributed by atoms with Gasteiger partial charge in [0.15, 0.2) is 0 Å². The number of hydrogen-bond acceptors (Lipinski definition) is 3. The van der Waals surface area contributed by atoms with Gasteiger partial charge in [0.05, 0.1) is 23.2 Å². The second kappa shape index (κ2) is 5.06. The third-order valence-electron chi connectivity index (χ3n) is 8.67. The highest BCUT2D eigenvalue weighted by molar-refractivity contribution is 5.83. The van der Waals surface area contributed by atoms with Crippen molar-refractivity contribution in [3.63, 3.8) is 0 Å². The van der Waals surface area contributed by atoms with E-state index in [4.69, 9.17) is 8.83 Å². The Balaban J connectivity index is 1.55. The molecule has 0 N–H and O–H groups in total. The lowest BCUT2D eigenvalue weighted by Gasteiger charge is -2.63. The molecule has 0 amide bonds. The summed E-state index contributed by atoms with van der Waals surface area (Å²) < 4.78 is 12.1. The minimum atomic E-state index is 0.0728. The highest BCUT2D eigenvalue weighted by Crippen LogP contribution is 2.70. The number of rotatable bonds is 1. The minimum Gasteiger partial charge on any atom is -0.433 e. The van der Waals surface area contributed by atoms with E-state index in [2.05, 4.69) is 49.1 Å². The zero-order chi connectivity index (χ0) is 18.6. The molecule has 3 heteroatoms. The van der Waals surface area contributed by atoms with Crippen LogP contribution < -0.4 is 4.90 Å². The van der Waals surface area contributed by atoms with Crippen LogP contribution in [0.2, 0.25) is 0 Å². The summed E-state index contributed by atoms with van der Waals surface area (Å²) >= 11 is 0. The van der Waals surface area contributed by atoms with E-state index in [1.54, 1.807) is 6.26 Å². The first-order chi connectivity index (χ1) is 13.7. The van der Waals surface area contributed by atoms with E-state index in [0.29, 0.717) is 0 Å². The summed E-state index contributed by atoms with van der Waals surface area (Å²) in [5, 5.41) is 1.23. The van der Waals surface area contributed by atoms with Crippen LogP contribution in [0.4, 0.5) is 5.69 Å². The molecule has 2 aromatic heterocycles. The first-order valence-corrected chi connectivity index (χ1v) is 11.0. The van der Waals surface area contributed by atoms with Crippen LogP contribution in [0.15, 0.2) is 45.4 Å². The fraction of sp³-hybridized carbons (Fsp3) is 0.520. The van der Waals surface area contributed by atoms with E-state index in [9.17, 15) is 0 Å².